The topological polar surface area (TPSA) is 46.3 Å². The summed E-state index contributed by atoms with van der Waals surface area (Å²) in [4.78, 5) is 13.0. The molecule has 3 heteroatoms. The smallest absolute Gasteiger partial charge is 0.218 e. The molecule has 0 aliphatic rings. The molecule has 1 amide bonds. The number of primary amides is 1. The zero-order chi connectivity index (χ0) is 12.4. The Balaban J connectivity index is 3.56. The van der Waals surface area contributed by atoms with Gasteiger partial charge in [-0.05, 0) is 20.5 Å². The molecule has 0 aliphatic heterocycles. The normalized spacial score (nSPS) is 13.0. The van der Waals surface area contributed by atoms with Crippen molar-refractivity contribution in [2.24, 2.45) is 5.73 Å². The van der Waals surface area contributed by atoms with Gasteiger partial charge in [0.05, 0.1) is 0 Å². The zero-order valence-electron chi connectivity index (χ0n) is 11.2. The zero-order valence-corrected chi connectivity index (χ0v) is 11.2. The number of carbonyl (C=O) groups excluding carboxylic acids is 1. The van der Waals surface area contributed by atoms with E-state index in [2.05, 4.69) is 11.8 Å². The first-order valence-electron chi connectivity index (χ1n) is 6.52. The molecule has 0 saturated carbocycles. The van der Waals surface area contributed by atoms with Crippen LogP contribution in [0.1, 0.15) is 58.3 Å². The summed E-state index contributed by atoms with van der Waals surface area (Å²) < 4.78 is 0. The van der Waals surface area contributed by atoms with E-state index >= 15 is 0 Å². The minimum absolute atomic E-state index is 0.190. The van der Waals surface area contributed by atoms with Crippen LogP contribution in [0.15, 0.2) is 0 Å². The summed E-state index contributed by atoms with van der Waals surface area (Å²) >= 11 is 0. The molecule has 0 heterocycles. The molecule has 2 N–H and O–H groups in total. The van der Waals surface area contributed by atoms with Crippen LogP contribution < -0.4 is 5.73 Å². The van der Waals surface area contributed by atoms with Gasteiger partial charge < -0.3 is 10.6 Å². The highest BCUT2D eigenvalue weighted by Crippen LogP contribution is 2.12. The third kappa shape index (κ3) is 8.72. The van der Waals surface area contributed by atoms with E-state index in [1.165, 1.54) is 38.5 Å². The van der Waals surface area contributed by atoms with Crippen molar-refractivity contribution < 1.29 is 4.79 Å². The summed E-state index contributed by atoms with van der Waals surface area (Å²) in [6.07, 6.45) is 9.37. The summed E-state index contributed by atoms with van der Waals surface area (Å²) in [5, 5.41) is 0. The second-order valence-corrected chi connectivity index (χ2v) is 4.84. The second-order valence-electron chi connectivity index (χ2n) is 4.84. The van der Waals surface area contributed by atoms with E-state index in [1.54, 1.807) is 0 Å². The third-order valence-electron chi connectivity index (χ3n) is 3.06. The molecule has 0 rings (SSSR count). The number of carbonyl (C=O) groups is 1. The van der Waals surface area contributed by atoms with E-state index < -0.39 is 0 Å². The fourth-order valence-electron chi connectivity index (χ4n) is 1.94. The Morgan fingerprint density at radius 2 is 1.69 bits per heavy atom. The minimum atomic E-state index is -0.190. The van der Waals surface area contributed by atoms with Gasteiger partial charge in [0.15, 0.2) is 0 Å². The number of nitrogens with zero attached hydrogens (tertiary/aromatic N) is 1. The van der Waals surface area contributed by atoms with Gasteiger partial charge in [-0.1, -0.05) is 45.4 Å². The summed E-state index contributed by atoms with van der Waals surface area (Å²) in [6, 6.07) is 0.323. The number of amides is 1. The second kappa shape index (κ2) is 9.64. The van der Waals surface area contributed by atoms with Crippen molar-refractivity contribution in [1.82, 2.24) is 4.90 Å². The molecule has 1 atom stereocenters. The molecule has 0 aromatic carbocycles. The summed E-state index contributed by atoms with van der Waals surface area (Å²) in [7, 11) is 4.04. The van der Waals surface area contributed by atoms with Crippen LogP contribution in [0.4, 0.5) is 0 Å². The molecule has 0 saturated heterocycles. The molecule has 0 aromatic rings. The minimum Gasteiger partial charge on any atom is -0.370 e. The average molecular weight is 228 g/mol. The van der Waals surface area contributed by atoms with E-state index in [9.17, 15) is 4.79 Å². The van der Waals surface area contributed by atoms with Crippen molar-refractivity contribution in [2.45, 2.75) is 64.3 Å². The number of unbranched alkanes of at least 4 members (excludes halogenated alkanes) is 5. The first-order chi connectivity index (χ1) is 7.57. The maximum atomic E-state index is 10.9. The first kappa shape index (κ1) is 15.4. The summed E-state index contributed by atoms with van der Waals surface area (Å²) in [5.74, 6) is -0.190. The van der Waals surface area contributed by atoms with Crippen LogP contribution in [0, 0.1) is 0 Å². The van der Waals surface area contributed by atoms with Gasteiger partial charge in [0, 0.05) is 12.5 Å². The van der Waals surface area contributed by atoms with Crippen LogP contribution in [-0.2, 0) is 4.79 Å². The molecule has 0 aromatic heterocycles. The number of nitrogens with two attached hydrogens (primary N) is 1. The Hall–Kier alpha value is -0.570. The van der Waals surface area contributed by atoms with E-state index in [0.29, 0.717) is 12.5 Å². The van der Waals surface area contributed by atoms with Crippen LogP contribution in [-0.4, -0.2) is 30.9 Å². The molecule has 1 unspecified atom stereocenters. The standard InChI is InChI=1S/C13H28N2O/c1-4-5-6-7-8-9-10-12(15(2)3)11-13(14)16/h12H,4-11H2,1-3H3,(H2,14,16). The van der Waals surface area contributed by atoms with Gasteiger partial charge in [0.25, 0.3) is 0 Å². The highest BCUT2D eigenvalue weighted by molar-refractivity contribution is 5.74. The van der Waals surface area contributed by atoms with Crippen LogP contribution in [0.3, 0.4) is 0 Å². The molecule has 0 fully saturated rings. The number of hydrogen-bond acceptors (Lipinski definition) is 2. The van der Waals surface area contributed by atoms with Crippen molar-refractivity contribution in [3.63, 3.8) is 0 Å². The van der Waals surface area contributed by atoms with E-state index in [0.717, 1.165) is 6.42 Å². The molecule has 0 spiro atoms. The Labute approximate surface area is 100 Å². The summed E-state index contributed by atoms with van der Waals surface area (Å²) in [5.41, 5.74) is 5.24. The van der Waals surface area contributed by atoms with Crippen LogP contribution in [0.5, 0.6) is 0 Å². The highest BCUT2D eigenvalue weighted by atomic mass is 16.1. The molecule has 0 bridgehead atoms. The van der Waals surface area contributed by atoms with Crippen LogP contribution >= 0.6 is 0 Å². The predicted molar refractivity (Wildman–Crippen MR) is 69.3 cm³/mol. The fraction of sp³-hybridized carbons (Fsp3) is 0.923. The predicted octanol–water partition coefficient (Wildman–Crippen LogP) is 2.54. The van der Waals surface area contributed by atoms with Gasteiger partial charge in [-0.3, -0.25) is 4.79 Å². The molecule has 0 aliphatic carbocycles. The Morgan fingerprint density at radius 3 is 2.19 bits per heavy atom. The molecule has 0 radical (unpaired) electrons. The SMILES string of the molecule is CCCCCCCCC(CC(N)=O)N(C)C. The van der Waals surface area contributed by atoms with Crippen LogP contribution in [0.25, 0.3) is 0 Å². The quantitative estimate of drug-likeness (QED) is 0.584. The molecule has 16 heavy (non-hydrogen) atoms. The molecular weight excluding hydrogens is 200 g/mol. The lowest BCUT2D eigenvalue weighted by atomic mass is 10.0. The average Bonchev–Trinajstić information content (AvgIpc) is 2.20. The van der Waals surface area contributed by atoms with Gasteiger partial charge >= 0.3 is 0 Å². The lowest BCUT2D eigenvalue weighted by Gasteiger charge is -2.22. The van der Waals surface area contributed by atoms with Crippen molar-refractivity contribution in [3.05, 3.63) is 0 Å². The molecule has 3 nitrogen and oxygen atoms in total. The van der Waals surface area contributed by atoms with Gasteiger partial charge in [0.1, 0.15) is 0 Å². The van der Waals surface area contributed by atoms with Gasteiger partial charge in [-0.15, -0.1) is 0 Å². The van der Waals surface area contributed by atoms with Crippen molar-refractivity contribution in [1.29, 1.82) is 0 Å². The lowest BCUT2D eigenvalue weighted by Crippen LogP contribution is -2.32. The molecular formula is C13H28N2O. The Kier molecular flexibility index (Phi) is 9.30. The van der Waals surface area contributed by atoms with E-state index in [4.69, 9.17) is 5.73 Å². The lowest BCUT2D eigenvalue weighted by molar-refractivity contribution is -0.119. The monoisotopic (exact) mass is 228 g/mol. The van der Waals surface area contributed by atoms with Gasteiger partial charge in [-0.2, -0.15) is 0 Å². The third-order valence-corrected chi connectivity index (χ3v) is 3.06. The van der Waals surface area contributed by atoms with Crippen molar-refractivity contribution in [2.75, 3.05) is 14.1 Å². The van der Waals surface area contributed by atoms with Crippen molar-refractivity contribution >= 4 is 5.91 Å². The highest BCUT2D eigenvalue weighted by Gasteiger charge is 2.13. The maximum absolute atomic E-state index is 10.9. The van der Waals surface area contributed by atoms with Crippen molar-refractivity contribution in [3.8, 4) is 0 Å². The van der Waals surface area contributed by atoms with Gasteiger partial charge in [0.2, 0.25) is 5.91 Å². The Morgan fingerprint density at radius 1 is 1.12 bits per heavy atom. The van der Waals surface area contributed by atoms with Gasteiger partial charge in [-0.25, -0.2) is 0 Å². The number of hydrogen-bond donors (Lipinski definition) is 1. The number of rotatable bonds is 10. The Bertz CT molecular complexity index is 181. The van der Waals surface area contributed by atoms with E-state index in [-0.39, 0.29) is 5.91 Å². The summed E-state index contributed by atoms with van der Waals surface area (Å²) in [6.45, 7) is 2.23. The largest absolute Gasteiger partial charge is 0.370 e. The fourth-order valence-corrected chi connectivity index (χ4v) is 1.94. The van der Waals surface area contributed by atoms with E-state index in [1.807, 2.05) is 14.1 Å². The van der Waals surface area contributed by atoms with Crippen LogP contribution in [0.2, 0.25) is 0 Å². The maximum Gasteiger partial charge on any atom is 0.218 e. The first-order valence-corrected chi connectivity index (χ1v) is 6.52. The molecule has 96 valence electrons.